The first-order chi connectivity index (χ1) is 7.72. The number of hydrogen-bond donors (Lipinski definition) is 1. The van der Waals surface area contributed by atoms with Gasteiger partial charge in [-0.15, -0.1) is 0 Å². The number of rotatable bonds is 5. The zero-order valence-corrected chi connectivity index (χ0v) is 9.45. The molecule has 0 saturated heterocycles. The van der Waals surface area contributed by atoms with Crippen LogP contribution in [-0.2, 0) is 0 Å². The Labute approximate surface area is 95.1 Å². The standard InChI is InChI=1S/C13H17FO2/c1-2-7-16-12-8-10(14)5-6-11(12)13(15)9-3-4-9/h5-6,8-9,13,15H,2-4,7H2,1H3. The lowest BCUT2D eigenvalue weighted by Crippen LogP contribution is -2.05. The molecule has 1 unspecified atom stereocenters. The second-order valence-electron chi connectivity index (χ2n) is 4.31. The van der Waals surface area contributed by atoms with Gasteiger partial charge in [0.05, 0.1) is 12.7 Å². The van der Waals surface area contributed by atoms with Crippen LogP contribution in [0.1, 0.15) is 37.9 Å². The van der Waals surface area contributed by atoms with Crippen LogP contribution in [0.4, 0.5) is 4.39 Å². The summed E-state index contributed by atoms with van der Waals surface area (Å²) in [5.41, 5.74) is 0.720. The normalized spacial score (nSPS) is 17.2. The molecule has 0 aromatic heterocycles. The lowest BCUT2D eigenvalue weighted by atomic mass is 10.0. The minimum Gasteiger partial charge on any atom is -0.493 e. The average molecular weight is 224 g/mol. The van der Waals surface area contributed by atoms with E-state index in [-0.39, 0.29) is 5.82 Å². The van der Waals surface area contributed by atoms with Crippen molar-refractivity contribution in [2.24, 2.45) is 5.92 Å². The number of aliphatic hydroxyl groups is 1. The summed E-state index contributed by atoms with van der Waals surface area (Å²) < 4.78 is 18.6. The van der Waals surface area contributed by atoms with Gasteiger partial charge >= 0.3 is 0 Å². The zero-order chi connectivity index (χ0) is 11.5. The Kier molecular flexibility index (Phi) is 3.44. The van der Waals surface area contributed by atoms with Gasteiger partial charge in [-0.1, -0.05) is 6.92 Å². The van der Waals surface area contributed by atoms with Crippen LogP contribution in [-0.4, -0.2) is 11.7 Å². The van der Waals surface area contributed by atoms with Gasteiger partial charge in [-0.3, -0.25) is 0 Å². The molecule has 2 nitrogen and oxygen atoms in total. The number of benzene rings is 1. The molecule has 1 saturated carbocycles. The average Bonchev–Trinajstić information content (AvgIpc) is 3.09. The molecular weight excluding hydrogens is 207 g/mol. The van der Waals surface area contributed by atoms with Crippen LogP contribution in [0, 0.1) is 11.7 Å². The largest absolute Gasteiger partial charge is 0.493 e. The molecule has 2 rings (SSSR count). The number of halogens is 1. The van der Waals surface area contributed by atoms with E-state index in [0.29, 0.717) is 18.3 Å². The SMILES string of the molecule is CCCOc1cc(F)ccc1C(O)C1CC1. The molecule has 0 radical (unpaired) electrons. The molecule has 0 heterocycles. The molecule has 0 aliphatic heterocycles. The van der Waals surface area contributed by atoms with E-state index in [1.54, 1.807) is 6.07 Å². The predicted octanol–water partition coefficient (Wildman–Crippen LogP) is 3.06. The van der Waals surface area contributed by atoms with Crippen molar-refractivity contribution < 1.29 is 14.2 Å². The van der Waals surface area contributed by atoms with E-state index >= 15 is 0 Å². The van der Waals surface area contributed by atoms with Crippen LogP contribution in [0.15, 0.2) is 18.2 Å². The van der Waals surface area contributed by atoms with Gasteiger partial charge in [0.15, 0.2) is 0 Å². The first-order valence-corrected chi connectivity index (χ1v) is 5.82. The molecule has 1 aromatic rings. The van der Waals surface area contributed by atoms with Crippen LogP contribution in [0.3, 0.4) is 0 Å². The van der Waals surface area contributed by atoms with Gasteiger partial charge in [0.1, 0.15) is 11.6 Å². The smallest absolute Gasteiger partial charge is 0.128 e. The highest BCUT2D eigenvalue weighted by Gasteiger charge is 2.32. The van der Waals surface area contributed by atoms with Crippen molar-refractivity contribution in [3.63, 3.8) is 0 Å². The summed E-state index contributed by atoms with van der Waals surface area (Å²) in [7, 11) is 0. The molecule has 1 atom stereocenters. The maximum absolute atomic E-state index is 13.1. The van der Waals surface area contributed by atoms with E-state index in [1.165, 1.54) is 12.1 Å². The minimum atomic E-state index is -0.507. The fourth-order valence-electron chi connectivity index (χ4n) is 1.76. The summed E-state index contributed by atoms with van der Waals surface area (Å²) >= 11 is 0. The van der Waals surface area contributed by atoms with E-state index in [2.05, 4.69) is 0 Å². The maximum atomic E-state index is 13.1. The van der Waals surface area contributed by atoms with Crippen molar-refractivity contribution in [1.29, 1.82) is 0 Å². The van der Waals surface area contributed by atoms with E-state index in [9.17, 15) is 9.50 Å². The summed E-state index contributed by atoms with van der Waals surface area (Å²) in [6, 6.07) is 4.36. The number of hydrogen-bond acceptors (Lipinski definition) is 2. The first kappa shape index (κ1) is 11.4. The third-order valence-electron chi connectivity index (χ3n) is 2.82. The van der Waals surface area contributed by atoms with Crippen molar-refractivity contribution in [1.82, 2.24) is 0 Å². The van der Waals surface area contributed by atoms with Gasteiger partial charge in [0.25, 0.3) is 0 Å². The van der Waals surface area contributed by atoms with Crippen molar-refractivity contribution in [3.8, 4) is 5.75 Å². The second kappa shape index (κ2) is 4.83. The highest BCUT2D eigenvalue weighted by atomic mass is 19.1. The molecular formula is C13H17FO2. The Morgan fingerprint density at radius 3 is 2.88 bits per heavy atom. The lowest BCUT2D eigenvalue weighted by molar-refractivity contribution is 0.148. The Balaban J connectivity index is 2.20. The molecule has 1 aliphatic rings. The molecule has 1 aliphatic carbocycles. The third-order valence-corrected chi connectivity index (χ3v) is 2.82. The minimum absolute atomic E-state index is 0.321. The van der Waals surface area contributed by atoms with Crippen molar-refractivity contribution in [3.05, 3.63) is 29.6 Å². The maximum Gasteiger partial charge on any atom is 0.128 e. The summed E-state index contributed by atoms with van der Waals surface area (Å²) in [5, 5.41) is 10.0. The summed E-state index contributed by atoms with van der Waals surface area (Å²) in [6.07, 6.45) is 2.46. The van der Waals surface area contributed by atoms with Gasteiger partial charge < -0.3 is 9.84 Å². The van der Waals surface area contributed by atoms with Crippen molar-refractivity contribution in [2.75, 3.05) is 6.61 Å². The van der Waals surface area contributed by atoms with Crippen LogP contribution >= 0.6 is 0 Å². The summed E-state index contributed by atoms with van der Waals surface area (Å²) in [4.78, 5) is 0. The molecule has 1 aromatic carbocycles. The van der Waals surface area contributed by atoms with E-state index in [1.807, 2.05) is 6.92 Å². The monoisotopic (exact) mass is 224 g/mol. The molecule has 1 fully saturated rings. The van der Waals surface area contributed by atoms with Gasteiger partial charge in [-0.25, -0.2) is 4.39 Å². The lowest BCUT2D eigenvalue weighted by Gasteiger charge is -2.15. The van der Waals surface area contributed by atoms with Gasteiger partial charge in [-0.05, 0) is 37.3 Å². The van der Waals surface area contributed by atoms with Crippen molar-refractivity contribution >= 4 is 0 Å². The Morgan fingerprint density at radius 2 is 2.25 bits per heavy atom. The third kappa shape index (κ3) is 2.53. The topological polar surface area (TPSA) is 29.5 Å². The molecule has 0 spiro atoms. The second-order valence-corrected chi connectivity index (χ2v) is 4.31. The van der Waals surface area contributed by atoms with Gasteiger partial charge in [0.2, 0.25) is 0 Å². The molecule has 0 bridgehead atoms. The number of aliphatic hydroxyl groups excluding tert-OH is 1. The Morgan fingerprint density at radius 1 is 1.50 bits per heavy atom. The van der Waals surface area contributed by atoms with E-state index in [0.717, 1.165) is 24.8 Å². The number of ether oxygens (including phenoxy) is 1. The quantitative estimate of drug-likeness (QED) is 0.833. The predicted molar refractivity (Wildman–Crippen MR) is 59.9 cm³/mol. The van der Waals surface area contributed by atoms with Crippen molar-refractivity contribution in [2.45, 2.75) is 32.3 Å². The Bertz CT molecular complexity index is 361. The molecule has 3 heteroatoms. The summed E-state index contributed by atoms with van der Waals surface area (Å²) in [5.74, 6) is 0.494. The molecule has 1 N–H and O–H groups in total. The van der Waals surface area contributed by atoms with E-state index < -0.39 is 6.10 Å². The first-order valence-electron chi connectivity index (χ1n) is 5.82. The highest BCUT2D eigenvalue weighted by Crippen LogP contribution is 2.43. The highest BCUT2D eigenvalue weighted by molar-refractivity contribution is 5.36. The fourth-order valence-corrected chi connectivity index (χ4v) is 1.76. The van der Waals surface area contributed by atoms with Gasteiger partial charge in [0, 0.05) is 11.6 Å². The van der Waals surface area contributed by atoms with E-state index in [4.69, 9.17) is 4.74 Å². The fraction of sp³-hybridized carbons (Fsp3) is 0.538. The zero-order valence-electron chi connectivity index (χ0n) is 9.45. The van der Waals surface area contributed by atoms with Gasteiger partial charge in [-0.2, -0.15) is 0 Å². The Hall–Kier alpha value is -1.09. The van der Waals surface area contributed by atoms with Crippen LogP contribution in [0.5, 0.6) is 5.75 Å². The van der Waals surface area contributed by atoms with Crippen LogP contribution < -0.4 is 4.74 Å². The molecule has 0 amide bonds. The van der Waals surface area contributed by atoms with Crippen LogP contribution in [0.2, 0.25) is 0 Å². The van der Waals surface area contributed by atoms with Crippen LogP contribution in [0.25, 0.3) is 0 Å². The summed E-state index contributed by atoms with van der Waals surface area (Å²) in [6.45, 7) is 2.55. The molecule has 16 heavy (non-hydrogen) atoms. The molecule has 88 valence electrons.